The molecule has 10 heteroatoms. The molecule has 0 aromatic carbocycles. The average molecular weight is 265 g/mol. The van der Waals surface area contributed by atoms with Gasteiger partial charge in [0, 0.05) is 22.8 Å². The normalized spacial score (nSPS) is 8.62. The second-order valence-electron chi connectivity index (χ2n) is 1.96. The van der Waals surface area contributed by atoms with Gasteiger partial charge in [-0.3, -0.25) is 13.4 Å². The summed E-state index contributed by atoms with van der Waals surface area (Å²) in [5.41, 5.74) is 0.220. The molecule has 0 atom stereocenters. The Bertz CT molecular complexity index is 387. The molecule has 78 valence electrons. The smallest absolute Gasteiger partial charge is 0.759 e. The summed E-state index contributed by atoms with van der Waals surface area (Å²) < 4.78 is 34.1. The second-order valence-corrected chi connectivity index (χ2v) is 2.77. The van der Waals surface area contributed by atoms with E-state index in [1.807, 2.05) is 0 Å². The molecule has 1 aromatic heterocycles. The van der Waals surface area contributed by atoms with Crippen molar-refractivity contribution >= 4 is 16.4 Å². The van der Waals surface area contributed by atoms with Crippen LogP contribution in [-0.4, -0.2) is 33.6 Å². The number of nitrogens with zero attached hydrogens (tertiary/aromatic N) is 1. The van der Waals surface area contributed by atoms with E-state index in [2.05, 4.69) is 4.98 Å². The van der Waals surface area contributed by atoms with Crippen molar-refractivity contribution in [1.29, 1.82) is 0 Å². The minimum absolute atomic E-state index is 0. The molecule has 1 aromatic rings. The minimum atomic E-state index is -5.17. The van der Waals surface area contributed by atoms with Gasteiger partial charge in [-0.25, -0.2) is 4.79 Å². The number of carbonyl (C=O) groups is 1. The molecular formula is C6H5NNa2O6S. The van der Waals surface area contributed by atoms with Crippen molar-refractivity contribution in [2.45, 2.75) is 0 Å². The molecule has 0 saturated carbocycles. The third kappa shape index (κ3) is 16.9. The summed E-state index contributed by atoms with van der Waals surface area (Å²) in [6, 6.07) is 3.08. The molecule has 0 unspecified atom stereocenters. The number of pyridine rings is 1. The summed E-state index contributed by atoms with van der Waals surface area (Å²) in [6.07, 6.45) is 2.84. The van der Waals surface area contributed by atoms with Crippen LogP contribution in [0.4, 0.5) is 0 Å². The molecule has 0 amide bonds. The van der Waals surface area contributed by atoms with E-state index in [9.17, 15) is 4.79 Å². The molecule has 1 N–H and O–H groups in total. The Balaban J connectivity index is -0.000000214. The van der Waals surface area contributed by atoms with Crippen molar-refractivity contribution in [3.8, 4) is 0 Å². The van der Waals surface area contributed by atoms with Crippen LogP contribution < -0.4 is 59.1 Å². The van der Waals surface area contributed by atoms with E-state index in [0.717, 1.165) is 0 Å². The van der Waals surface area contributed by atoms with E-state index in [-0.39, 0.29) is 64.7 Å². The first kappa shape index (κ1) is 21.7. The molecule has 0 spiro atoms. The molecule has 0 fully saturated rings. The molecule has 0 radical (unpaired) electrons. The van der Waals surface area contributed by atoms with Gasteiger partial charge in [0.2, 0.25) is 0 Å². The number of hydrogen-bond acceptors (Lipinski definition) is 6. The number of rotatable bonds is 1. The van der Waals surface area contributed by atoms with Crippen LogP contribution in [0.2, 0.25) is 0 Å². The van der Waals surface area contributed by atoms with Gasteiger partial charge in [-0.05, 0) is 12.1 Å². The Labute approximate surface area is 136 Å². The van der Waals surface area contributed by atoms with E-state index in [4.69, 9.17) is 22.6 Å². The van der Waals surface area contributed by atoms with Crippen molar-refractivity contribution in [1.82, 2.24) is 4.98 Å². The molecule has 0 aliphatic carbocycles. The zero-order valence-corrected chi connectivity index (χ0v) is 13.5. The van der Waals surface area contributed by atoms with Crippen molar-refractivity contribution < 1.29 is 86.5 Å². The minimum Gasteiger partial charge on any atom is -0.759 e. The fraction of sp³-hybridized carbons (Fsp3) is 0. The summed E-state index contributed by atoms with van der Waals surface area (Å²) >= 11 is 0. The topological polar surface area (TPSA) is 130 Å². The summed E-state index contributed by atoms with van der Waals surface area (Å²) in [5.74, 6) is -0.942. The van der Waals surface area contributed by atoms with E-state index in [0.29, 0.717) is 0 Å². The molecular weight excluding hydrogens is 260 g/mol. The van der Waals surface area contributed by atoms with E-state index < -0.39 is 16.4 Å². The van der Waals surface area contributed by atoms with Gasteiger partial charge >= 0.3 is 65.1 Å². The molecule has 1 heterocycles. The van der Waals surface area contributed by atoms with Gasteiger partial charge in [0.1, 0.15) is 0 Å². The van der Waals surface area contributed by atoms with E-state index in [1.54, 1.807) is 6.07 Å². The van der Waals surface area contributed by atoms with Gasteiger partial charge in [-0.15, -0.1) is 0 Å². The SMILES string of the molecule is O=C(O)c1cccnc1.O=S(=O)([O-])[O-].[Na+].[Na+]. The summed E-state index contributed by atoms with van der Waals surface area (Å²) in [6.45, 7) is 0. The molecule has 0 aliphatic heterocycles. The van der Waals surface area contributed by atoms with Crippen LogP contribution in [0.15, 0.2) is 24.5 Å². The Morgan fingerprint density at radius 1 is 1.31 bits per heavy atom. The average Bonchev–Trinajstić information content (AvgIpc) is 2.03. The second kappa shape index (κ2) is 10.6. The fourth-order valence-electron chi connectivity index (χ4n) is 0.489. The first-order chi connectivity index (χ1) is 6.30. The maximum absolute atomic E-state index is 10.2. The van der Waals surface area contributed by atoms with Crippen LogP contribution in [-0.2, 0) is 10.4 Å². The molecule has 1 rings (SSSR count). The van der Waals surface area contributed by atoms with Crippen molar-refractivity contribution in [3.63, 3.8) is 0 Å². The van der Waals surface area contributed by atoms with Crippen LogP contribution in [0.1, 0.15) is 10.4 Å². The van der Waals surface area contributed by atoms with Crippen molar-refractivity contribution in [2.75, 3.05) is 0 Å². The van der Waals surface area contributed by atoms with E-state index in [1.165, 1.54) is 18.5 Å². The number of carboxylic acid groups (broad SMARTS) is 1. The third-order valence-electron chi connectivity index (χ3n) is 0.908. The Morgan fingerprint density at radius 2 is 1.75 bits per heavy atom. The molecule has 16 heavy (non-hydrogen) atoms. The van der Waals surface area contributed by atoms with E-state index >= 15 is 0 Å². The fourth-order valence-corrected chi connectivity index (χ4v) is 0.489. The maximum atomic E-state index is 10.2. The van der Waals surface area contributed by atoms with Gasteiger partial charge in [-0.1, -0.05) is 0 Å². The quantitative estimate of drug-likeness (QED) is 0.303. The third-order valence-corrected chi connectivity index (χ3v) is 0.908. The van der Waals surface area contributed by atoms with Gasteiger partial charge in [-0.2, -0.15) is 0 Å². The summed E-state index contributed by atoms with van der Waals surface area (Å²) in [5, 5.41) is 8.34. The number of aromatic nitrogens is 1. The summed E-state index contributed by atoms with van der Waals surface area (Å²) in [4.78, 5) is 13.8. The van der Waals surface area contributed by atoms with Crippen molar-refractivity contribution in [2.24, 2.45) is 0 Å². The summed E-state index contributed by atoms with van der Waals surface area (Å²) in [7, 11) is -5.17. The van der Waals surface area contributed by atoms with Crippen LogP contribution in [0.3, 0.4) is 0 Å². The first-order valence-electron chi connectivity index (χ1n) is 3.10. The van der Waals surface area contributed by atoms with Gasteiger partial charge in [0.25, 0.3) is 0 Å². The first-order valence-corrected chi connectivity index (χ1v) is 4.44. The zero-order valence-electron chi connectivity index (χ0n) is 8.65. The van der Waals surface area contributed by atoms with Gasteiger partial charge < -0.3 is 14.2 Å². The van der Waals surface area contributed by atoms with Crippen LogP contribution in [0.5, 0.6) is 0 Å². The van der Waals surface area contributed by atoms with Crippen LogP contribution in [0, 0.1) is 0 Å². The Morgan fingerprint density at radius 3 is 1.94 bits per heavy atom. The van der Waals surface area contributed by atoms with Gasteiger partial charge in [0.05, 0.1) is 5.56 Å². The van der Waals surface area contributed by atoms with Crippen LogP contribution in [0.25, 0.3) is 0 Å². The number of aromatic carboxylic acids is 1. The van der Waals surface area contributed by atoms with Gasteiger partial charge in [0.15, 0.2) is 0 Å². The largest absolute Gasteiger partial charge is 1.00 e. The molecule has 0 aliphatic rings. The predicted molar refractivity (Wildman–Crippen MR) is 41.7 cm³/mol. The zero-order chi connectivity index (χ0) is 11.2. The van der Waals surface area contributed by atoms with Crippen LogP contribution >= 0.6 is 0 Å². The monoisotopic (exact) mass is 265 g/mol. The predicted octanol–water partition coefficient (Wildman–Crippen LogP) is -6.55. The van der Waals surface area contributed by atoms with Crippen molar-refractivity contribution in [3.05, 3.63) is 30.1 Å². The number of hydrogen-bond donors (Lipinski definition) is 1. The standard InChI is InChI=1S/C6H5NO2.2Na.H2O4S/c8-6(9)5-2-1-3-7-4-5;;;1-5(2,3)4/h1-4H,(H,8,9);;;(H2,1,2,3,4)/q;2*+1;/p-2. The molecule has 0 bridgehead atoms. The number of carboxylic acids is 1. The Kier molecular flexibility index (Phi) is 14.4. The Hall–Kier alpha value is 0.490. The molecule has 7 nitrogen and oxygen atoms in total. The maximum Gasteiger partial charge on any atom is 1.00 e. The molecule has 0 saturated heterocycles.